The summed E-state index contributed by atoms with van der Waals surface area (Å²) in [4.78, 5) is 11.0. The van der Waals surface area contributed by atoms with Gasteiger partial charge in [0.25, 0.3) is 0 Å². The van der Waals surface area contributed by atoms with Gasteiger partial charge in [-0.15, -0.1) is 24.0 Å². The first kappa shape index (κ1) is 20.4. The van der Waals surface area contributed by atoms with E-state index in [9.17, 15) is 0 Å². The van der Waals surface area contributed by atoms with Crippen molar-refractivity contribution in [2.45, 2.75) is 19.6 Å². The number of nitrogens with zero attached hydrogens (tertiary/aromatic N) is 4. The third kappa shape index (κ3) is 5.57. The van der Waals surface area contributed by atoms with E-state index in [-0.39, 0.29) is 24.0 Å². The van der Waals surface area contributed by atoms with Gasteiger partial charge in [-0.1, -0.05) is 30.3 Å². The van der Waals surface area contributed by atoms with Gasteiger partial charge < -0.3 is 14.8 Å². The molecule has 3 aromatic rings. The van der Waals surface area contributed by atoms with E-state index in [0.717, 1.165) is 24.9 Å². The summed E-state index contributed by atoms with van der Waals surface area (Å²) in [5.74, 6) is 1.86. The Morgan fingerprint density at radius 1 is 1.23 bits per heavy atom. The van der Waals surface area contributed by atoms with Crippen LogP contribution in [0.3, 0.4) is 0 Å². The highest BCUT2D eigenvalue weighted by Crippen LogP contribution is 2.09. The Kier molecular flexibility index (Phi) is 8.11. The maximum Gasteiger partial charge on any atom is 0.194 e. The number of aliphatic imine (C=N–C) groups is 1. The SMILES string of the molecule is CN=C(NCc1nccn1Cc1ccccc1)N(C)Cc1ccsc1.I. The Bertz CT molecular complexity index is 798. The molecule has 5 nitrogen and oxygen atoms in total. The largest absolute Gasteiger partial charge is 0.349 e. The number of halogens is 1. The zero-order valence-electron chi connectivity index (χ0n) is 15.0. The minimum atomic E-state index is 0. The van der Waals surface area contributed by atoms with Crippen molar-refractivity contribution in [1.29, 1.82) is 0 Å². The highest BCUT2D eigenvalue weighted by Gasteiger charge is 2.09. The summed E-state index contributed by atoms with van der Waals surface area (Å²) in [6, 6.07) is 12.6. The number of nitrogens with one attached hydrogen (secondary N) is 1. The Labute approximate surface area is 175 Å². The summed E-state index contributed by atoms with van der Waals surface area (Å²) in [7, 11) is 3.85. The summed E-state index contributed by atoms with van der Waals surface area (Å²) < 4.78 is 2.16. The average Bonchev–Trinajstić information content (AvgIpc) is 3.29. The molecular weight excluding hydrogens is 457 g/mol. The van der Waals surface area contributed by atoms with E-state index in [0.29, 0.717) is 6.54 Å². The van der Waals surface area contributed by atoms with Crippen molar-refractivity contribution in [2.75, 3.05) is 14.1 Å². The Hall–Kier alpha value is -1.87. The molecular formula is C19H24IN5S. The molecule has 2 heterocycles. The van der Waals surface area contributed by atoms with Crippen LogP contribution in [0.25, 0.3) is 0 Å². The number of rotatable bonds is 6. The molecule has 2 aromatic heterocycles. The third-order valence-electron chi connectivity index (χ3n) is 3.98. The lowest BCUT2D eigenvalue weighted by Crippen LogP contribution is -2.38. The molecule has 26 heavy (non-hydrogen) atoms. The molecule has 7 heteroatoms. The van der Waals surface area contributed by atoms with Crippen LogP contribution in [0.2, 0.25) is 0 Å². The van der Waals surface area contributed by atoms with Crippen LogP contribution in [0.4, 0.5) is 0 Å². The number of guanidine groups is 1. The predicted molar refractivity (Wildman–Crippen MR) is 119 cm³/mol. The van der Waals surface area contributed by atoms with Crippen molar-refractivity contribution in [3.05, 3.63) is 76.5 Å². The zero-order valence-corrected chi connectivity index (χ0v) is 18.1. The summed E-state index contributed by atoms with van der Waals surface area (Å²) in [5, 5.41) is 7.67. The van der Waals surface area contributed by atoms with E-state index < -0.39 is 0 Å². The first-order valence-electron chi connectivity index (χ1n) is 8.23. The van der Waals surface area contributed by atoms with E-state index in [1.165, 1.54) is 11.1 Å². The molecule has 1 aromatic carbocycles. The van der Waals surface area contributed by atoms with Crippen molar-refractivity contribution >= 4 is 41.3 Å². The number of thiophene rings is 1. The maximum atomic E-state index is 4.48. The van der Waals surface area contributed by atoms with Gasteiger partial charge in [0, 0.05) is 39.6 Å². The molecule has 0 saturated heterocycles. The Balaban J connectivity index is 0.00000243. The third-order valence-corrected chi connectivity index (χ3v) is 4.71. The van der Waals surface area contributed by atoms with Gasteiger partial charge in [0.15, 0.2) is 5.96 Å². The van der Waals surface area contributed by atoms with E-state index in [4.69, 9.17) is 0 Å². The van der Waals surface area contributed by atoms with E-state index in [1.54, 1.807) is 11.3 Å². The molecule has 0 aliphatic heterocycles. The van der Waals surface area contributed by atoms with Crippen LogP contribution in [0, 0.1) is 0 Å². The van der Waals surface area contributed by atoms with E-state index >= 15 is 0 Å². The first-order valence-corrected chi connectivity index (χ1v) is 9.17. The number of benzene rings is 1. The van der Waals surface area contributed by atoms with Crippen molar-refractivity contribution in [2.24, 2.45) is 4.99 Å². The van der Waals surface area contributed by atoms with Gasteiger partial charge in [-0.2, -0.15) is 11.3 Å². The quantitative estimate of drug-likeness (QED) is 0.331. The molecule has 0 atom stereocenters. The molecule has 0 radical (unpaired) electrons. The van der Waals surface area contributed by atoms with Crippen LogP contribution < -0.4 is 5.32 Å². The fraction of sp³-hybridized carbons (Fsp3) is 0.263. The molecule has 0 bridgehead atoms. The van der Waals surface area contributed by atoms with Crippen molar-refractivity contribution in [1.82, 2.24) is 19.8 Å². The highest BCUT2D eigenvalue weighted by molar-refractivity contribution is 14.0. The summed E-state index contributed by atoms with van der Waals surface area (Å²) in [6.45, 7) is 2.29. The van der Waals surface area contributed by atoms with Crippen LogP contribution in [0.1, 0.15) is 17.0 Å². The fourth-order valence-electron chi connectivity index (χ4n) is 2.71. The van der Waals surface area contributed by atoms with Crippen molar-refractivity contribution < 1.29 is 0 Å². The van der Waals surface area contributed by atoms with Crippen LogP contribution in [0.5, 0.6) is 0 Å². The van der Waals surface area contributed by atoms with Crippen LogP contribution in [-0.2, 0) is 19.6 Å². The van der Waals surface area contributed by atoms with Crippen LogP contribution in [-0.4, -0.2) is 34.5 Å². The van der Waals surface area contributed by atoms with E-state index in [1.807, 2.05) is 32.6 Å². The second kappa shape index (κ2) is 10.3. The average molecular weight is 481 g/mol. The monoisotopic (exact) mass is 481 g/mol. The minimum absolute atomic E-state index is 0. The highest BCUT2D eigenvalue weighted by atomic mass is 127. The molecule has 0 saturated carbocycles. The number of imidazole rings is 1. The normalized spacial score (nSPS) is 11.1. The Morgan fingerprint density at radius 3 is 2.73 bits per heavy atom. The van der Waals surface area contributed by atoms with Gasteiger partial charge in [-0.25, -0.2) is 4.98 Å². The topological polar surface area (TPSA) is 45.5 Å². The standard InChI is InChI=1S/C19H23N5S.HI/c1-20-19(23(2)13-17-8-11-25-15-17)22-12-18-21-9-10-24(18)14-16-6-4-3-5-7-16;/h3-11,15H,12-14H2,1-2H3,(H,20,22);1H. The van der Waals surface area contributed by atoms with Gasteiger partial charge in [0.1, 0.15) is 5.82 Å². The molecule has 138 valence electrons. The molecule has 3 rings (SSSR count). The maximum absolute atomic E-state index is 4.48. The number of aromatic nitrogens is 2. The lowest BCUT2D eigenvalue weighted by Gasteiger charge is -2.21. The summed E-state index contributed by atoms with van der Waals surface area (Å²) in [5.41, 5.74) is 2.56. The second-order valence-corrected chi connectivity index (χ2v) is 6.63. The predicted octanol–water partition coefficient (Wildman–Crippen LogP) is 3.82. The van der Waals surface area contributed by atoms with Crippen molar-refractivity contribution in [3.63, 3.8) is 0 Å². The smallest absolute Gasteiger partial charge is 0.194 e. The second-order valence-electron chi connectivity index (χ2n) is 5.85. The molecule has 0 aliphatic carbocycles. The van der Waals surface area contributed by atoms with Gasteiger partial charge in [-0.05, 0) is 28.0 Å². The number of hydrogen-bond acceptors (Lipinski definition) is 3. The minimum Gasteiger partial charge on any atom is -0.349 e. The molecule has 0 fully saturated rings. The van der Waals surface area contributed by atoms with Crippen molar-refractivity contribution in [3.8, 4) is 0 Å². The molecule has 0 aliphatic rings. The first-order chi connectivity index (χ1) is 12.3. The molecule has 1 N–H and O–H groups in total. The summed E-state index contributed by atoms with van der Waals surface area (Å²) >= 11 is 1.71. The summed E-state index contributed by atoms with van der Waals surface area (Å²) in [6.07, 6.45) is 3.86. The van der Waals surface area contributed by atoms with Crippen LogP contribution >= 0.6 is 35.3 Å². The van der Waals surface area contributed by atoms with Gasteiger partial charge >= 0.3 is 0 Å². The lowest BCUT2D eigenvalue weighted by molar-refractivity contribution is 0.475. The van der Waals surface area contributed by atoms with Crippen LogP contribution in [0.15, 0.2) is 64.5 Å². The Morgan fingerprint density at radius 2 is 2.04 bits per heavy atom. The fourth-order valence-corrected chi connectivity index (χ4v) is 3.37. The number of hydrogen-bond donors (Lipinski definition) is 1. The van der Waals surface area contributed by atoms with E-state index in [2.05, 4.69) is 65.9 Å². The van der Waals surface area contributed by atoms with Gasteiger partial charge in [-0.3, -0.25) is 4.99 Å². The lowest BCUT2D eigenvalue weighted by atomic mass is 10.2. The molecule has 0 unspecified atom stereocenters. The van der Waals surface area contributed by atoms with Gasteiger partial charge in [0.2, 0.25) is 0 Å². The van der Waals surface area contributed by atoms with Gasteiger partial charge in [0.05, 0.1) is 6.54 Å². The zero-order chi connectivity index (χ0) is 17.5. The molecule has 0 spiro atoms. The molecule has 0 amide bonds.